The fourth-order valence-electron chi connectivity index (χ4n) is 1.72. The van der Waals surface area contributed by atoms with Crippen LogP contribution in [0.5, 0.6) is 5.75 Å². The lowest BCUT2D eigenvalue weighted by Gasteiger charge is -2.11. The summed E-state index contributed by atoms with van der Waals surface area (Å²) in [6, 6.07) is 1.51. The van der Waals surface area contributed by atoms with Crippen molar-refractivity contribution in [1.29, 1.82) is 0 Å². The molecule has 1 aromatic rings. The quantitative estimate of drug-likeness (QED) is 0.889. The molecule has 1 heterocycles. The monoisotopic (exact) mass is 246 g/mol. The lowest BCUT2D eigenvalue weighted by Crippen LogP contribution is -2.10. The zero-order chi connectivity index (χ0) is 10.8. The summed E-state index contributed by atoms with van der Waals surface area (Å²) in [5.74, 6) is -0.436. The highest BCUT2D eigenvalue weighted by Crippen LogP contribution is 2.36. The minimum absolute atomic E-state index is 0.207. The van der Waals surface area contributed by atoms with E-state index < -0.39 is 5.97 Å². The first-order valence-corrected chi connectivity index (χ1v) is 6.05. The molecule has 15 heavy (non-hydrogen) atoms. The number of hydrogen-bond acceptors (Lipinski definition) is 3. The average molecular weight is 247 g/mol. The Morgan fingerprint density at radius 3 is 2.73 bits per heavy atom. The number of rotatable bonds is 3. The summed E-state index contributed by atoms with van der Waals surface area (Å²) in [6.07, 6.45) is 4.64. The summed E-state index contributed by atoms with van der Waals surface area (Å²) in [6.45, 7) is 0. The molecule has 1 aliphatic carbocycles. The van der Waals surface area contributed by atoms with Crippen molar-refractivity contribution in [2.45, 2.75) is 31.8 Å². The van der Waals surface area contributed by atoms with Gasteiger partial charge in [0.1, 0.15) is 15.0 Å². The van der Waals surface area contributed by atoms with Crippen LogP contribution in [0.15, 0.2) is 6.07 Å². The topological polar surface area (TPSA) is 46.5 Å². The molecule has 1 N–H and O–H groups in total. The van der Waals surface area contributed by atoms with Gasteiger partial charge in [-0.05, 0) is 25.7 Å². The summed E-state index contributed by atoms with van der Waals surface area (Å²) in [5.41, 5.74) is 0. The van der Waals surface area contributed by atoms with Crippen LogP contribution < -0.4 is 4.74 Å². The third kappa shape index (κ3) is 2.44. The van der Waals surface area contributed by atoms with Gasteiger partial charge in [-0.25, -0.2) is 4.79 Å². The Balaban J connectivity index is 2.10. The minimum Gasteiger partial charge on any atom is -0.488 e. The predicted octanol–water partition coefficient (Wildman–Crippen LogP) is 3.42. The molecule has 0 atom stereocenters. The highest BCUT2D eigenvalue weighted by molar-refractivity contribution is 7.18. The van der Waals surface area contributed by atoms with E-state index in [0.29, 0.717) is 10.1 Å². The summed E-state index contributed by atoms with van der Waals surface area (Å²) in [4.78, 5) is 10.9. The Labute approximate surface area is 96.6 Å². The van der Waals surface area contributed by atoms with Gasteiger partial charge in [0, 0.05) is 6.07 Å². The molecule has 82 valence electrons. The molecule has 1 fully saturated rings. The van der Waals surface area contributed by atoms with Crippen molar-refractivity contribution in [2.24, 2.45) is 0 Å². The first-order valence-electron chi connectivity index (χ1n) is 4.86. The molecule has 1 aromatic heterocycles. The van der Waals surface area contributed by atoms with Crippen molar-refractivity contribution < 1.29 is 14.6 Å². The first kappa shape index (κ1) is 10.8. The van der Waals surface area contributed by atoms with Crippen LogP contribution in [0.25, 0.3) is 0 Å². The second kappa shape index (κ2) is 4.41. The van der Waals surface area contributed by atoms with Crippen LogP contribution in [-0.4, -0.2) is 17.2 Å². The maximum absolute atomic E-state index is 10.7. The highest BCUT2D eigenvalue weighted by atomic mass is 35.5. The molecule has 0 spiro atoms. The van der Waals surface area contributed by atoms with Crippen molar-refractivity contribution in [3.8, 4) is 5.75 Å². The Morgan fingerprint density at radius 1 is 1.53 bits per heavy atom. The summed E-state index contributed by atoms with van der Waals surface area (Å²) in [5, 5.41) is 8.78. The molecule has 2 rings (SSSR count). The summed E-state index contributed by atoms with van der Waals surface area (Å²) < 4.78 is 6.08. The van der Waals surface area contributed by atoms with Crippen LogP contribution in [-0.2, 0) is 0 Å². The fraction of sp³-hybridized carbons (Fsp3) is 0.500. The minimum atomic E-state index is -0.955. The van der Waals surface area contributed by atoms with Crippen LogP contribution in [0.2, 0.25) is 4.34 Å². The molecule has 0 amide bonds. The Hall–Kier alpha value is -0.740. The van der Waals surface area contributed by atoms with E-state index in [-0.39, 0.29) is 11.0 Å². The van der Waals surface area contributed by atoms with Gasteiger partial charge in [0.25, 0.3) is 0 Å². The van der Waals surface area contributed by atoms with Crippen LogP contribution in [0, 0.1) is 0 Å². The van der Waals surface area contributed by atoms with Crippen LogP contribution in [0.1, 0.15) is 35.4 Å². The average Bonchev–Trinajstić information content (AvgIpc) is 2.77. The number of carbonyl (C=O) groups is 1. The second-order valence-electron chi connectivity index (χ2n) is 3.58. The van der Waals surface area contributed by atoms with Gasteiger partial charge in [0.05, 0.1) is 6.10 Å². The van der Waals surface area contributed by atoms with Gasteiger partial charge in [-0.15, -0.1) is 11.3 Å². The number of carboxylic acid groups (broad SMARTS) is 1. The molecule has 0 unspecified atom stereocenters. The number of carboxylic acids is 1. The van der Waals surface area contributed by atoms with Gasteiger partial charge in [-0.1, -0.05) is 11.6 Å². The van der Waals surface area contributed by atoms with E-state index in [2.05, 4.69) is 0 Å². The number of halogens is 1. The third-order valence-electron chi connectivity index (χ3n) is 2.46. The molecular weight excluding hydrogens is 236 g/mol. The number of aromatic carboxylic acids is 1. The van der Waals surface area contributed by atoms with E-state index in [1.807, 2.05) is 0 Å². The molecule has 0 aromatic carbocycles. The van der Waals surface area contributed by atoms with Crippen LogP contribution in [0.3, 0.4) is 0 Å². The van der Waals surface area contributed by atoms with Crippen molar-refractivity contribution >= 4 is 28.9 Å². The SMILES string of the molecule is O=C(O)c1cc(OC2CCCC2)c(Cl)s1. The number of ether oxygens (including phenoxy) is 1. The predicted molar refractivity (Wildman–Crippen MR) is 59.2 cm³/mol. The van der Waals surface area contributed by atoms with Crippen LogP contribution in [0.4, 0.5) is 0 Å². The van der Waals surface area contributed by atoms with Crippen LogP contribution >= 0.6 is 22.9 Å². The molecule has 1 saturated carbocycles. The Morgan fingerprint density at radius 2 is 2.20 bits per heavy atom. The van der Waals surface area contributed by atoms with E-state index in [0.717, 1.165) is 24.2 Å². The largest absolute Gasteiger partial charge is 0.488 e. The van der Waals surface area contributed by atoms with Gasteiger partial charge in [0.15, 0.2) is 0 Å². The van der Waals surface area contributed by atoms with Crippen molar-refractivity contribution in [1.82, 2.24) is 0 Å². The smallest absolute Gasteiger partial charge is 0.346 e. The van der Waals surface area contributed by atoms with Gasteiger partial charge in [-0.2, -0.15) is 0 Å². The van der Waals surface area contributed by atoms with Gasteiger partial charge in [-0.3, -0.25) is 0 Å². The zero-order valence-electron chi connectivity index (χ0n) is 8.03. The summed E-state index contributed by atoms with van der Waals surface area (Å²) in [7, 11) is 0. The molecule has 3 nitrogen and oxygen atoms in total. The number of hydrogen-bond donors (Lipinski definition) is 1. The number of thiophene rings is 1. The van der Waals surface area contributed by atoms with Gasteiger partial charge < -0.3 is 9.84 Å². The molecule has 1 aliphatic rings. The normalized spacial score (nSPS) is 16.9. The third-order valence-corrected chi connectivity index (χ3v) is 3.77. The Kier molecular flexibility index (Phi) is 3.17. The molecular formula is C10H11ClO3S. The zero-order valence-corrected chi connectivity index (χ0v) is 9.61. The van der Waals surface area contributed by atoms with Gasteiger partial charge in [0.2, 0.25) is 0 Å². The molecule has 0 bridgehead atoms. The second-order valence-corrected chi connectivity index (χ2v) is 5.23. The van der Waals surface area contributed by atoms with E-state index in [4.69, 9.17) is 21.4 Å². The fourth-order valence-corrected chi connectivity index (χ4v) is 2.73. The standard InChI is InChI=1S/C10H11ClO3S/c11-9-7(5-8(15-9)10(12)13)14-6-3-1-2-4-6/h5-6H,1-4H2,(H,12,13). The lowest BCUT2D eigenvalue weighted by atomic mass is 10.3. The molecule has 0 radical (unpaired) electrons. The van der Waals surface area contributed by atoms with Crippen molar-refractivity contribution in [3.63, 3.8) is 0 Å². The first-order chi connectivity index (χ1) is 7.16. The van der Waals surface area contributed by atoms with Gasteiger partial charge >= 0.3 is 5.97 Å². The lowest BCUT2D eigenvalue weighted by molar-refractivity contribution is 0.0701. The van der Waals surface area contributed by atoms with Crippen molar-refractivity contribution in [3.05, 3.63) is 15.3 Å². The molecule has 0 aliphatic heterocycles. The van der Waals surface area contributed by atoms with E-state index >= 15 is 0 Å². The van der Waals surface area contributed by atoms with E-state index in [9.17, 15) is 4.79 Å². The van der Waals surface area contributed by atoms with E-state index in [1.54, 1.807) is 0 Å². The van der Waals surface area contributed by atoms with Crippen molar-refractivity contribution in [2.75, 3.05) is 0 Å². The molecule has 0 saturated heterocycles. The molecule has 5 heteroatoms. The van der Waals surface area contributed by atoms with E-state index in [1.165, 1.54) is 18.9 Å². The Bertz CT molecular complexity index is 369. The highest BCUT2D eigenvalue weighted by Gasteiger charge is 2.20. The summed E-state index contributed by atoms with van der Waals surface area (Å²) >= 11 is 6.94. The maximum Gasteiger partial charge on any atom is 0.346 e. The maximum atomic E-state index is 10.7.